The Morgan fingerprint density at radius 1 is 0.974 bits per heavy atom. The van der Waals surface area contributed by atoms with Crippen LogP contribution in [-0.4, -0.2) is 56.0 Å². The zero-order valence-electron chi connectivity index (χ0n) is 20.4. The Morgan fingerprint density at radius 3 is 2.16 bits per heavy atom. The molecule has 0 radical (unpaired) electrons. The highest BCUT2D eigenvalue weighted by Crippen LogP contribution is 2.52. The Morgan fingerprint density at radius 2 is 1.58 bits per heavy atom. The Labute approximate surface area is 214 Å². The highest BCUT2D eigenvalue weighted by molar-refractivity contribution is 5.88. The fourth-order valence-electron chi connectivity index (χ4n) is 5.67. The van der Waals surface area contributed by atoms with Crippen molar-refractivity contribution in [3.05, 3.63) is 65.7 Å². The number of rotatable bonds is 5. The average Bonchev–Trinajstić information content (AvgIpc) is 2.85. The first kappa shape index (κ1) is 27.7. The van der Waals surface area contributed by atoms with E-state index in [-0.39, 0.29) is 55.9 Å². The fraction of sp³-hybridized carbons (Fsp3) is 0.462. The quantitative estimate of drug-likeness (QED) is 0.544. The van der Waals surface area contributed by atoms with Crippen LogP contribution in [0.2, 0.25) is 0 Å². The first-order chi connectivity index (χ1) is 17.8. The molecule has 4 rings (SSSR count). The summed E-state index contributed by atoms with van der Waals surface area (Å²) in [6.45, 7) is -0.253. The predicted octanol–water partition coefficient (Wildman–Crippen LogP) is 4.90. The molecule has 2 aliphatic heterocycles. The van der Waals surface area contributed by atoms with Crippen LogP contribution in [0.25, 0.3) is 0 Å². The van der Waals surface area contributed by atoms with Gasteiger partial charge >= 0.3 is 12.5 Å². The number of para-hydroxylation sites is 1. The Bertz CT molecular complexity index is 1160. The molecular formula is C26H26F6N2O4. The van der Waals surface area contributed by atoms with Gasteiger partial charge in [0.1, 0.15) is 5.75 Å². The molecule has 0 bridgehead atoms. The molecule has 0 aromatic heterocycles. The van der Waals surface area contributed by atoms with Crippen molar-refractivity contribution in [2.75, 3.05) is 26.7 Å². The van der Waals surface area contributed by atoms with Crippen molar-refractivity contribution in [3.8, 4) is 5.75 Å². The van der Waals surface area contributed by atoms with Gasteiger partial charge in [-0.15, -0.1) is 13.2 Å². The maximum atomic E-state index is 14.4. The minimum Gasteiger partial charge on any atom is -0.405 e. The molecule has 1 N–H and O–H groups in total. The molecule has 2 aliphatic rings. The van der Waals surface area contributed by atoms with Gasteiger partial charge in [-0.1, -0.05) is 48.5 Å². The molecule has 0 saturated carbocycles. The maximum Gasteiger partial charge on any atom is 0.573 e. The number of alkyl halides is 6. The third-order valence-electron chi connectivity index (χ3n) is 7.51. The van der Waals surface area contributed by atoms with Crippen LogP contribution in [0.4, 0.5) is 26.3 Å². The maximum absolute atomic E-state index is 14.4. The lowest BCUT2D eigenvalue weighted by molar-refractivity contribution is -0.275. The van der Waals surface area contributed by atoms with E-state index >= 15 is 0 Å². The highest BCUT2D eigenvalue weighted by atomic mass is 19.4. The van der Waals surface area contributed by atoms with E-state index in [1.165, 1.54) is 48.5 Å². The summed E-state index contributed by atoms with van der Waals surface area (Å²) in [4.78, 5) is 26.9. The third kappa shape index (κ3) is 5.05. The summed E-state index contributed by atoms with van der Waals surface area (Å²) in [5.74, 6) is -2.62. The van der Waals surface area contributed by atoms with Crippen LogP contribution < -0.4 is 10.1 Å². The first-order valence-electron chi connectivity index (χ1n) is 11.9. The minimum absolute atomic E-state index is 0.0274. The molecule has 206 valence electrons. The zero-order valence-corrected chi connectivity index (χ0v) is 20.4. The predicted molar refractivity (Wildman–Crippen MR) is 123 cm³/mol. The molecule has 2 fully saturated rings. The van der Waals surface area contributed by atoms with Gasteiger partial charge in [0, 0.05) is 44.6 Å². The first-order valence-corrected chi connectivity index (χ1v) is 11.9. The summed E-state index contributed by atoms with van der Waals surface area (Å²) in [7, 11) is 0.822. The summed E-state index contributed by atoms with van der Waals surface area (Å²) < 4.78 is 91.5. The molecule has 38 heavy (non-hydrogen) atoms. The lowest BCUT2D eigenvalue weighted by Gasteiger charge is -2.50. The molecule has 0 aliphatic carbocycles. The van der Waals surface area contributed by atoms with Crippen LogP contribution in [0, 0.1) is 5.41 Å². The molecular weight excluding hydrogens is 518 g/mol. The van der Waals surface area contributed by atoms with Crippen LogP contribution in [0.3, 0.4) is 0 Å². The Hall–Kier alpha value is -3.28. The SMILES string of the molecule is CO[C@@](C(=O)N1CCC2(CC1)CC(=O)NC[C@H]2c1ccccc1OC(F)(F)F)(c1ccccc1)C(F)(F)F. The standard InChI is InChI=1S/C26H26F6N2O4/c1-37-24(25(27,28)29,17-7-3-2-4-8-17)22(36)34-13-11-23(12-14-34)15-21(35)33-16-19(23)18-9-5-6-10-20(18)38-26(30,31)32/h2-10,19H,11-16H2,1H3,(H,33,35)/t19-,24+/m0/s1. The van der Waals surface area contributed by atoms with E-state index in [2.05, 4.69) is 10.1 Å². The highest BCUT2D eigenvalue weighted by Gasteiger charge is 2.64. The number of nitrogens with one attached hydrogen (secondary N) is 1. The Kier molecular flexibility index (Phi) is 7.39. The van der Waals surface area contributed by atoms with Crippen molar-refractivity contribution in [1.82, 2.24) is 10.2 Å². The van der Waals surface area contributed by atoms with E-state index in [1.54, 1.807) is 6.07 Å². The summed E-state index contributed by atoms with van der Waals surface area (Å²) in [6.07, 6.45) is -9.85. The lowest BCUT2D eigenvalue weighted by Crippen LogP contribution is -2.60. The van der Waals surface area contributed by atoms with E-state index in [0.717, 1.165) is 12.0 Å². The molecule has 2 aromatic carbocycles. The van der Waals surface area contributed by atoms with Gasteiger partial charge in [0.2, 0.25) is 5.91 Å². The number of hydrogen-bond donors (Lipinski definition) is 1. The second-order valence-corrected chi connectivity index (χ2v) is 9.52. The largest absolute Gasteiger partial charge is 0.573 e. The number of likely N-dealkylation sites (tertiary alicyclic amines) is 1. The van der Waals surface area contributed by atoms with Crippen LogP contribution in [0.15, 0.2) is 54.6 Å². The molecule has 2 amide bonds. The molecule has 6 nitrogen and oxygen atoms in total. The van der Waals surface area contributed by atoms with Crippen molar-refractivity contribution < 1.29 is 45.4 Å². The van der Waals surface area contributed by atoms with Crippen molar-refractivity contribution in [3.63, 3.8) is 0 Å². The number of benzene rings is 2. The number of amides is 2. The van der Waals surface area contributed by atoms with E-state index in [0.29, 0.717) is 0 Å². The van der Waals surface area contributed by atoms with Crippen LogP contribution in [-0.2, 0) is 19.9 Å². The van der Waals surface area contributed by atoms with Crippen molar-refractivity contribution in [1.29, 1.82) is 0 Å². The number of ether oxygens (including phenoxy) is 2. The summed E-state index contributed by atoms with van der Waals surface area (Å²) in [5.41, 5.74) is -4.25. The fourth-order valence-corrected chi connectivity index (χ4v) is 5.67. The normalized spacial score (nSPS) is 21.5. The monoisotopic (exact) mass is 544 g/mol. The Balaban J connectivity index is 1.64. The van der Waals surface area contributed by atoms with Gasteiger partial charge in [0.15, 0.2) is 0 Å². The summed E-state index contributed by atoms with van der Waals surface area (Å²) in [5, 5.41) is 2.68. The lowest BCUT2D eigenvalue weighted by atomic mass is 9.62. The van der Waals surface area contributed by atoms with Crippen molar-refractivity contribution >= 4 is 11.8 Å². The van der Waals surface area contributed by atoms with Crippen molar-refractivity contribution in [2.45, 2.75) is 43.3 Å². The van der Waals surface area contributed by atoms with Gasteiger partial charge in [-0.2, -0.15) is 13.2 Å². The second-order valence-electron chi connectivity index (χ2n) is 9.52. The molecule has 2 aromatic rings. The van der Waals surface area contributed by atoms with Crippen molar-refractivity contribution in [2.24, 2.45) is 5.41 Å². The van der Waals surface area contributed by atoms with Gasteiger partial charge in [-0.25, -0.2) is 0 Å². The number of nitrogens with zero attached hydrogens (tertiary/aromatic N) is 1. The zero-order chi connectivity index (χ0) is 27.8. The topological polar surface area (TPSA) is 67.9 Å². The second kappa shape index (κ2) is 10.1. The van der Waals surface area contributed by atoms with E-state index in [9.17, 15) is 35.9 Å². The number of methoxy groups -OCH3 is 1. The molecule has 1 spiro atoms. The van der Waals surface area contributed by atoms with Gasteiger partial charge in [0.05, 0.1) is 0 Å². The smallest absolute Gasteiger partial charge is 0.405 e. The number of carbonyl (C=O) groups is 2. The van der Waals surface area contributed by atoms with Crippen LogP contribution in [0.5, 0.6) is 5.75 Å². The van der Waals surface area contributed by atoms with Crippen LogP contribution >= 0.6 is 0 Å². The van der Waals surface area contributed by atoms with E-state index < -0.39 is 41.1 Å². The number of carbonyl (C=O) groups excluding carboxylic acids is 2. The molecule has 2 heterocycles. The minimum atomic E-state index is -5.07. The van der Waals surface area contributed by atoms with Gasteiger partial charge in [0.25, 0.3) is 11.5 Å². The third-order valence-corrected chi connectivity index (χ3v) is 7.51. The number of hydrogen-bond acceptors (Lipinski definition) is 4. The number of piperidine rings is 2. The molecule has 0 unspecified atom stereocenters. The summed E-state index contributed by atoms with van der Waals surface area (Å²) >= 11 is 0. The summed E-state index contributed by atoms with van der Waals surface area (Å²) in [6, 6.07) is 12.2. The van der Waals surface area contributed by atoms with Crippen LogP contribution in [0.1, 0.15) is 36.3 Å². The van der Waals surface area contributed by atoms with Gasteiger partial charge in [-0.3, -0.25) is 9.59 Å². The number of halogens is 6. The molecule has 2 saturated heterocycles. The molecule has 2 atom stereocenters. The average molecular weight is 544 g/mol. The van der Waals surface area contributed by atoms with E-state index in [1.807, 2.05) is 0 Å². The van der Waals surface area contributed by atoms with E-state index in [4.69, 9.17) is 4.74 Å². The molecule has 12 heteroatoms. The van der Waals surface area contributed by atoms with Gasteiger partial charge < -0.3 is 19.7 Å². The van der Waals surface area contributed by atoms with Gasteiger partial charge in [-0.05, 0) is 29.9 Å².